The van der Waals surface area contributed by atoms with Crippen LogP contribution in [0.4, 0.5) is 0 Å². The summed E-state index contributed by atoms with van der Waals surface area (Å²) in [6.45, 7) is 10.1. The monoisotopic (exact) mass is 384 g/mol. The van der Waals surface area contributed by atoms with E-state index in [-0.39, 0.29) is 5.91 Å². The normalized spacial score (nSPS) is 22.8. The zero-order valence-corrected chi connectivity index (χ0v) is 17.3. The molecule has 152 valence electrons. The van der Waals surface area contributed by atoms with Crippen LogP contribution in [-0.4, -0.2) is 56.5 Å². The van der Waals surface area contributed by atoms with E-state index in [1.807, 2.05) is 24.6 Å². The number of rotatable bonds is 5. The molecule has 2 aromatic rings. The number of hydrogen-bond donors (Lipinski definition) is 2. The molecule has 0 spiro atoms. The topological polar surface area (TPSA) is 78.8 Å². The Morgan fingerprint density at radius 2 is 2.07 bits per heavy atom. The standard InChI is InChI=1S/C21H32N6O/c1-4-27-15(3)20(14(2)25-27)17-12-18(24-23-17)21(28)22-13-16-8-7-11-26-10-6-5-9-19(16)26/h12,16,19H,4-11,13H2,1-3H3,(H,22,28)(H,23,24). The molecule has 2 saturated heterocycles. The molecule has 7 heteroatoms. The van der Waals surface area contributed by atoms with Gasteiger partial charge in [-0.3, -0.25) is 14.6 Å². The number of carbonyl (C=O) groups is 1. The smallest absolute Gasteiger partial charge is 0.269 e. The summed E-state index contributed by atoms with van der Waals surface area (Å²) in [6.07, 6.45) is 6.36. The maximum Gasteiger partial charge on any atom is 0.269 e. The summed E-state index contributed by atoms with van der Waals surface area (Å²) in [7, 11) is 0. The lowest BCUT2D eigenvalue weighted by Gasteiger charge is -2.44. The Morgan fingerprint density at radius 1 is 1.25 bits per heavy atom. The number of H-pyrrole nitrogens is 1. The molecule has 0 aliphatic carbocycles. The summed E-state index contributed by atoms with van der Waals surface area (Å²) in [5, 5.41) is 15.0. The number of fused-ring (bicyclic) bond motifs is 1. The third-order valence-electron chi connectivity index (χ3n) is 6.51. The first-order valence-corrected chi connectivity index (χ1v) is 10.7. The molecule has 2 aliphatic rings. The summed E-state index contributed by atoms with van der Waals surface area (Å²) in [4.78, 5) is 15.3. The average Bonchev–Trinajstić information content (AvgIpc) is 3.30. The number of aromatic nitrogens is 4. The van der Waals surface area contributed by atoms with Crippen molar-refractivity contribution in [3.05, 3.63) is 23.1 Å². The van der Waals surface area contributed by atoms with Crippen LogP contribution in [0.1, 0.15) is 60.9 Å². The second kappa shape index (κ2) is 8.07. The van der Waals surface area contributed by atoms with Crippen LogP contribution < -0.4 is 5.32 Å². The highest BCUT2D eigenvalue weighted by molar-refractivity contribution is 5.93. The van der Waals surface area contributed by atoms with Crippen LogP contribution in [0.5, 0.6) is 0 Å². The van der Waals surface area contributed by atoms with E-state index in [9.17, 15) is 4.79 Å². The van der Waals surface area contributed by atoms with Crippen LogP contribution >= 0.6 is 0 Å². The Kier molecular flexibility index (Phi) is 5.53. The van der Waals surface area contributed by atoms with Crippen molar-refractivity contribution in [1.29, 1.82) is 0 Å². The van der Waals surface area contributed by atoms with Gasteiger partial charge in [0.2, 0.25) is 0 Å². The summed E-state index contributed by atoms with van der Waals surface area (Å²) < 4.78 is 1.97. The van der Waals surface area contributed by atoms with Crippen molar-refractivity contribution in [2.75, 3.05) is 19.6 Å². The van der Waals surface area contributed by atoms with E-state index in [1.54, 1.807) is 0 Å². The Bertz CT molecular complexity index is 836. The number of aryl methyl sites for hydroxylation is 2. The van der Waals surface area contributed by atoms with Crippen LogP contribution in [-0.2, 0) is 6.54 Å². The molecule has 0 saturated carbocycles. The molecule has 28 heavy (non-hydrogen) atoms. The molecule has 0 radical (unpaired) electrons. The number of hydrogen-bond acceptors (Lipinski definition) is 4. The molecule has 2 atom stereocenters. The minimum absolute atomic E-state index is 0.0649. The van der Waals surface area contributed by atoms with Gasteiger partial charge in [-0.05, 0) is 71.5 Å². The molecule has 4 rings (SSSR count). The number of nitrogens with zero attached hydrogens (tertiary/aromatic N) is 4. The van der Waals surface area contributed by atoms with Crippen molar-refractivity contribution in [3.63, 3.8) is 0 Å². The summed E-state index contributed by atoms with van der Waals surface area (Å²) in [5.41, 5.74) is 4.35. The SMILES string of the molecule is CCn1nc(C)c(-c2cc(C(=O)NCC3CCCN4CCCCC34)[nH]n2)c1C. The zero-order chi connectivity index (χ0) is 19.7. The lowest BCUT2D eigenvalue weighted by molar-refractivity contribution is 0.0575. The van der Waals surface area contributed by atoms with Gasteiger partial charge in [0.05, 0.1) is 11.4 Å². The maximum atomic E-state index is 12.7. The van der Waals surface area contributed by atoms with Gasteiger partial charge in [-0.25, -0.2) is 0 Å². The van der Waals surface area contributed by atoms with E-state index in [0.717, 1.165) is 35.7 Å². The van der Waals surface area contributed by atoms with Gasteiger partial charge >= 0.3 is 0 Å². The first-order chi connectivity index (χ1) is 13.6. The van der Waals surface area contributed by atoms with E-state index >= 15 is 0 Å². The minimum Gasteiger partial charge on any atom is -0.350 e. The second-order valence-electron chi connectivity index (χ2n) is 8.24. The third kappa shape index (κ3) is 3.60. The average molecular weight is 385 g/mol. The Morgan fingerprint density at radius 3 is 2.86 bits per heavy atom. The molecule has 2 fully saturated rings. The minimum atomic E-state index is -0.0649. The number of aromatic amines is 1. The van der Waals surface area contributed by atoms with Gasteiger partial charge in [0, 0.05) is 30.4 Å². The van der Waals surface area contributed by atoms with E-state index in [1.165, 1.54) is 45.2 Å². The highest BCUT2D eigenvalue weighted by atomic mass is 16.1. The molecule has 1 amide bonds. The van der Waals surface area contributed by atoms with Crippen molar-refractivity contribution < 1.29 is 4.79 Å². The fourth-order valence-corrected chi connectivity index (χ4v) is 5.08. The van der Waals surface area contributed by atoms with E-state index in [2.05, 4.69) is 32.4 Å². The van der Waals surface area contributed by atoms with Crippen LogP contribution in [0.3, 0.4) is 0 Å². The summed E-state index contributed by atoms with van der Waals surface area (Å²) >= 11 is 0. The Hall–Kier alpha value is -2.15. The predicted octanol–water partition coefficient (Wildman–Crippen LogP) is 2.90. The second-order valence-corrected chi connectivity index (χ2v) is 8.24. The van der Waals surface area contributed by atoms with Crippen LogP contribution in [0.15, 0.2) is 6.07 Å². The summed E-state index contributed by atoms with van der Waals surface area (Å²) in [5.74, 6) is 0.498. The van der Waals surface area contributed by atoms with Gasteiger partial charge in [-0.15, -0.1) is 0 Å². The molecule has 7 nitrogen and oxygen atoms in total. The van der Waals surface area contributed by atoms with Crippen molar-refractivity contribution in [2.45, 2.75) is 65.5 Å². The van der Waals surface area contributed by atoms with E-state index < -0.39 is 0 Å². The molecule has 4 heterocycles. The third-order valence-corrected chi connectivity index (χ3v) is 6.51. The molecule has 0 aromatic carbocycles. The molecule has 0 bridgehead atoms. The zero-order valence-electron chi connectivity index (χ0n) is 17.3. The van der Waals surface area contributed by atoms with Gasteiger partial charge in [-0.1, -0.05) is 6.42 Å². The summed E-state index contributed by atoms with van der Waals surface area (Å²) in [6, 6.07) is 2.49. The fourth-order valence-electron chi connectivity index (χ4n) is 5.08. The fraction of sp³-hybridized carbons (Fsp3) is 0.667. The number of nitrogens with one attached hydrogen (secondary N) is 2. The highest BCUT2D eigenvalue weighted by Crippen LogP contribution is 2.30. The van der Waals surface area contributed by atoms with Crippen molar-refractivity contribution in [1.82, 2.24) is 30.2 Å². The number of amides is 1. The number of piperidine rings is 2. The van der Waals surface area contributed by atoms with Crippen molar-refractivity contribution in [2.24, 2.45) is 5.92 Å². The van der Waals surface area contributed by atoms with Crippen LogP contribution in [0.25, 0.3) is 11.3 Å². The first kappa shape index (κ1) is 19.2. The van der Waals surface area contributed by atoms with Gasteiger partial charge in [0.15, 0.2) is 0 Å². The highest BCUT2D eigenvalue weighted by Gasteiger charge is 2.33. The Balaban J connectivity index is 1.42. The lowest BCUT2D eigenvalue weighted by atomic mass is 9.83. The van der Waals surface area contributed by atoms with Crippen molar-refractivity contribution >= 4 is 5.91 Å². The molecule has 2 N–H and O–H groups in total. The maximum absolute atomic E-state index is 12.7. The molecular formula is C21H32N6O. The van der Waals surface area contributed by atoms with Gasteiger partial charge in [0.25, 0.3) is 5.91 Å². The van der Waals surface area contributed by atoms with Gasteiger partial charge in [-0.2, -0.15) is 10.2 Å². The van der Waals surface area contributed by atoms with Crippen LogP contribution in [0, 0.1) is 19.8 Å². The quantitative estimate of drug-likeness (QED) is 0.831. The van der Waals surface area contributed by atoms with Gasteiger partial charge < -0.3 is 10.2 Å². The molecule has 2 aliphatic heterocycles. The van der Waals surface area contributed by atoms with Crippen molar-refractivity contribution in [3.8, 4) is 11.3 Å². The predicted molar refractivity (Wildman–Crippen MR) is 109 cm³/mol. The molecular weight excluding hydrogens is 352 g/mol. The van der Waals surface area contributed by atoms with E-state index in [4.69, 9.17) is 0 Å². The largest absolute Gasteiger partial charge is 0.350 e. The molecule has 2 unspecified atom stereocenters. The van der Waals surface area contributed by atoms with Crippen LogP contribution in [0.2, 0.25) is 0 Å². The molecule has 2 aromatic heterocycles. The van der Waals surface area contributed by atoms with E-state index in [0.29, 0.717) is 17.7 Å². The Labute approximate surface area is 166 Å². The number of carbonyl (C=O) groups excluding carboxylic acids is 1. The van der Waals surface area contributed by atoms with Gasteiger partial charge in [0.1, 0.15) is 5.69 Å². The lowest BCUT2D eigenvalue weighted by Crippen LogP contribution is -2.51. The first-order valence-electron chi connectivity index (χ1n) is 10.7.